The molecular formula is C20H16N2O3S. The fourth-order valence-corrected chi connectivity index (χ4v) is 4.14. The van der Waals surface area contributed by atoms with Crippen molar-refractivity contribution in [1.29, 1.82) is 0 Å². The molecule has 1 heterocycles. The zero-order valence-corrected chi connectivity index (χ0v) is 14.8. The normalized spacial score (nSPS) is 11.6. The zero-order chi connectivity index (χ0) is 18.1. The summed E-state index contributed by atoms with van der Waals surface area (Å²) in [5.74, 6) is 0. The lowest BCUT2D eigenvalue weighted by atomic mass is 10.0. The monoisotopic (exact) mass is 364 g/mol. The van der Waals surface area contributed by atoms with Gasteiger partial charge in [-0.2, -0.15) is 0 Å². The van der Waals surface area contributed by atoms with Crippen LogP contribution >= 0.6 is 0 Å². The highest BCUT2D eigenvalue weighted by Gasteiger charge is 2.20. The number of fused-ring (bicyclic) bond motifs is 1. The number of sulfonamides is 1. The van der Waals surface area contributed by atoms with Crippen LogP contribution in [-0.4, -0.2) is 13.4 Å². The predicted molar refractivity (Wildman–Crippen MR) is 101 cm³/mol. The van der Waals surface area contributed by atoms with E-state index in [2.05, 4.69) is 9.71 Å². The van der Waals surface area contributed by atoms with Gasteiger partial charge in [0.25, 0.3) is 10.0 Å². The third-order valence-electron chi connectivity index (χ3n) is 4.19. The quantitative estimate of drug-likeness (QED) is 0.574. The Morgan fingerprint density at radius 1 is 0.923 bits per heavy atom. The van der Waals surface area contributed by atoms with Gasteiger partial charge in [0, 0.05) is 0 Å². The molecule has 5 nitrogen and oxygen atoms in total. The molecule has 1 N–H and O–H groups in total. The molecule has 0 aliphatic rings. The number of anilines is 1. The van der Waals surface area contributed by atoms with Gasteiger partial charge in [-0.15, -0.1) is 0 Å². The van der Waals surface area contributed by atoms with Crippen LogP contribution in [0.4, 0.5) is 5.69 Å². The third kappa shape index (κ3) is 2.95. The van der Waals surface area contributed by atoms with Crippen molar-refractivity contribution in [3.63, 3.8) is 0 Å². The molecule has 0 bridgehead atoms. The second kappa shape index (κ2) is 6.31. The summed E-state index contributed by atoms with van der Waals surface area (Å²) >= 11 is 0. The van der Waals surface area contributed by atoms with Crippen molar-refractivity contribution in [1.82, 2.24) is 4.98 Å². The van der Waals surface area contributed by atoms with Crippen molar-refractivity contribution >= 4 is 26.8 Å². The summed E-state index contributed by atoms with van der Waals surface area (Å²) in [5.41, 5.74) is 4.23. The van der Waals surface area contributed by atoms with E-state index in [-0.39, 0.29) is 10.5 Å². The molecule has 4 aromatic rings. The van der Waals surface area contributed by atoms with E-state index in [1.165, 1.54) is 12.5 Å². The van der Waals surface area contributed by atoms with Crippen molar-refractivity contribution < 1.29 is 12.8 Å². The van der Waals surface area contributed by atoms with Crippen LogP contribution in [0.5, 0.6) is 0 Å². The number of benzene rings is 3. The summed E-state index contributed by atoms with van der Waals surface area (Å²) in [6.07, 6.45) is 1.24. The minimum absolute atomic E-state index is 0.0686. The molecular weight excluding hydrogens is 348 g/mol. The van der Waals surface area contributed by atoms with Gasteiger partial charge < -0.3 is 4.42 Å². The van der Waals surface area contributed by atoms with Crippen molar-refractivity contribution in [2.45, 2.75) is 11.8 Å². The first-order chi connectivity index (χ1) is 12.5. The molecule has 0 saturated carbocycles. The first-order valence-corrected chi connectivity index (χ1v) is 9.54. The van der Waals surface area contributed by atoms with E-state index in [9.17, 15) is 8.42 Å². The van der Waals surface area contributed by atoms with Gasteiger partial charge in [0.2, 0.25) is 0 Å². The van der Waals surface area contributed by atoms with Gasteiger partial charge >= 0.3 is 0 Å². The van der Waals surface area contributed by atoms with Gasteiger partial charge in [-0.3, -0.25) is 4.72 Å². The van der Waals surface area contributed by atoms with Crippen molar-refractivity contribution in [3.8, 4) is 11.1 Å². The largest absolute Gasteiger partial charge is 0.442 e. The highest BCUT2D eigenvalue weighted by atomic mass is 32.2. The van der Waals surface area contributed by atoms with E-state index < -0.39 is 10.0 Å². The molecule has 0 aliphatic heterocycles. The predicted octanol–water partition coefficient (Wildman–Crippen LogP) is 4.60. The number of hydrogen-bond acceptors (Lipinski definition) is 4. The molecule has 0 aliphatic carbocycles. The van der Waals surface area contributed by atoms with E-state index in [1.54, 1.807) is 18.2 Å². The van der Waals surface area contributed by atoms with Gasteiger partial charge in [0.15, 0.2) is 12.0 Å². The van der Waals surface area contributed by atoms with Crippen molar-refractivity contribution in [2.24, 2.45) is 0 Å². The molecule has 6 heteroatoms. The molecule has 0 fully saturated rings. The van der Waals surface area contributed by atoms with Crippen LogP contribution in [0.1, 0.15) is 5.56 Å². The van der Waals surface area contributed by atoms with Gasteiger partial charge in [0.1, 0.15) is 10.4 Å². The van der Waals surface area contributed by atoms with E-state index in [0.29, 0.717) is 11.2 Å². The average molecular weight is 364 g/mol. The summed E-state index contributed by atoms with van der Waals surface area (Å²) in [4.78, 5) is 4.07. The summed E-state index contributed by atoms with van der Waals surface area (Å²) < 4.78 is 33.5. The number of para-hydroxylation sites is 1. The van der Waals surface area contributed by atoms with Crippen LogP contribution in [0.3, 0.4) is 0 Å². The Labute approximate surface area is 151 Å². The zero-order valence-electron chi connectivity index (χ0n) is 14.0. The van der Waals surface area contributed by atoms with Crippen LogP contribution in [0, 0.1) is 6.92 Å². The van der Waals surface area contributed by atoms with E-state index in [1.807, 2.05) is 49.4 Å². The molecule has 0 atom stereocenters. The first-order valence-electron chi connectivity index (χ1n) is 8.06. The fourth-order valence-electron chi connectivity index (χ4n) is 2.86. The van der Waals surface area contributed by atoms with E-state index in [4.69, 9.17) is 4.42 Å². The summed E-state index contributed by atoms with van der Waals surface area (Å²) in [5, 5.41) is 0. The number of rotatable bonds is 4. The molecule has 26 heavy (non-hydrogen) atoms. The Balaban J connectivity index is 1.70. The molecule has 0 radical (unpaired) electrons. The van der Waals surface area contributed by atoms with Crippen molar-refractivity contribution in [3.05, 3.63) is 78.7 Å². The number of nitrogens with zero attached hydrogens (tertiary/aromatic N) is 1. The number of nitrogens with one attached hydrogen (secondary N) is 1. The smallest absolute Gasteiger partial charge is 0.265 e. The minimum Gasteiger partial charge on any atom is -0.442 e. The van der Waals surface area contributed by atoms with Crippen LogP contribution in [-0.2, 0) is 10.0 Å². The molecule has 130 valence electrons. The molecule has 1 aromatic heterocycles. The maximum atomic E-state index is 12.8. The first kappa shape index (κ1) is 16.4. The van der Waals surface area contributed by atoms with Gasteiger partial charge in [-0.25, -0.2) is 13.4 Å². The summed E-state index contributed by atoms with van der Waals surface area (Å²) in [6, 6.07) is 20.4. The summed E-state index contributed by atoms with van der Waals surface area (Å²) in [7, 11) is -3.79. The highest BCUT2D eigenvalue weighted by molar-refractivity contribution is 7.93. The lowest BCUT2D eigenvalue weighted by Crippen LogP contribution is -2.14. The average Bonchev–Trinajstić information content (AvgIpc) is 3.12. The van der Waals surface area contributed by atoms with E-state index >= 15 is 0 Å². The summed E-state index contributed by atoms with van der Waals surface area (Å²) in [6.45, 7) is 1.87. The Kier molecular flexibility index (Phi) is 3.97. The maximum Gasteiger partial charge on any atom is 0.265 e. The standard InChI is InChI=1S/C20H16N2O3S/c1-14-12-16(15-6-3-2-4-7-15)10-11-17(14)22-26(23,24)19-9-5-8-18-20(19)25-13-21-18/h2-13,22H,1H3. The van der Waals surface area contributed by atoms with Crippen LogP contribution in [0.25, 0.3) is 22.2 Å². The number of oxazole rings is 1. The second-order valence-electron chi connectivity index (χ2n) is 5.96. The molecule has 0 saturated heterocycles. The molecule has 4 rings (SSSR count). The van der Waals surface area contributed by atoms with Crippen molar-refractivity contribution in [2.75, 3.05) is 4.72 Å². The maximum absolute atomic E-state index is 12.8. The Hall–Kier alpha value is -3.12. The lowest BCUT2D eigenvalue weighted by molar-refractivity contribution is 0.582. The minimum atomic E-state index is -3.79. The third-order valence-corrected chi connectivity index (χ3v) is 5.58. The topological polar surface area (TPSA) is 72.2 Å². The second-order valence-corrected chi connectivity index (χ2v) is 7.61. The molecule has 0 amide bonds. The number of aryl methyl sites for hydroxylation is 1. The van der Waals surface area contributed by atoms with Gasteiger partial charge in [-0.1, -0.05) is 42.5 Å². The van der Waals surface area contributed by atoms with Crippen LogP contribution in [0.2, 0.25) is 0 Å². The van der Waals surface area contributed by atoms with Gasteiger partial charge in [-0.05, 0) is 47.9 Å². The SMILES string of the molecule is Cc1cc(-c2ccccc2)ccc1NS(=O)(=O)c1cccc2ncoc12. The molecule has 0 unspecified atom stereocenters. The Bertz CT molecular complexity index is 1180. The fraction of sp³-hybridized carbons (Fsp3) is 0.0500. The van der Waals surface area contributed by atoms with Crippen LogP contribution in [0.15, 0.2) is 82.4 Å². The highest BCUT2D eigenvalue weighted by Crippen LogP contribution is 2.28. The Morgan fingerprint density at radius 3 is 2.50 bits per heavy atom. The molecule has 3 aromatic carbocycles. The lowest BCUT2D eigenvalue weighted by Gasteiger charge is -2.12. The molecule has 0 spiro atoms. The van der Waals surface area contributed by atoms with E-state index in [0.717, 1.165) is 16.7 Å². The van der Waals surface area contributed by atoms with Crippen LogP contribution < -0.4 is 4.72 Å². The Morgan fingerprint density at radius 2 is 1.73 bits per heavy atom. The number of aromatic nitrogens is 1. The van der Waals surface area contributed by atoms with Gasteiger partial charge in [0.05, 0.1) is 5.69 Å². The number of hydrogen-bond donors (Lipinski definition) is 1.